The van der Waals surface area contributed by atoms with Crippen LogP contribution in [0.4, 0.5) is 0 Å². The largest absolute Gasteiger partial charge is 0.343 e. The standard InChI is InChI=1S/C13H17N3OS/c1-10(17)16-6-4-11(5-7-16)15-9-13-3-2-12(8-14)18-13/h2-3,11,15H,4-7,9H2,1H3. The van der Waals surface area contributed by atoms with Crippen molar-refractivity contribution in [3.8, 4) is 6.07 Å². The molecule has 1 fully saturated rings. The Labute approximate surface area is 111 Å². The lowest BCUT2D eigenvalue weighted by Gasteiger charge is -2.31. The van der Waals surface area contributed by atoms with Crippen molar-refractivity contribution in [2.45, 2.75) is 32.4 Å². The molecule has 1 aliphatic heterocycles. The summed E-state index contributed by atoms with van der Waals surface area (Å²) in [5, 5.41) is 12.2. The Morgan fingerprint density at radius 2 is 2.28 bits per heavy atom. The third-order valence-electron chi connectivity index (χ3n) is 3.28. The molecule has 0 spiro atoms. The molecule has 18 heavy (non-hydrogen) atoms. The summed E-state index contributed by atoms with van der Waals surface area (Å²) in [4.78, 5) is 15.1. The summed E-state index contributed by atoms with van der Waals surface area (Å²) in [7, 11) is 0. The van der Waals surface area contributed by atoms with E-state index in [9.17, 15) is 4.79 Å². The minimum Gasteiger partial charge on any atom is -0.343 e. The molecule has 0 aromatic carbocycles. The minimum atomic E-state index is 0.172. The third kappa shape index (κ3) is 3.31. The van der Waals surface area contributed by atoms with Gasteiger partial charge in [-0.05, 0) is 25.0 Å². The first-order chi connectivity index (χ1) is 8.69. The zero-order valence-electron chi connectivity index (χ0n) is 10.5. The monoisotopic (exact) mass is 263 g/mol. The van der Waals surface area contributed by atoms with Crippen molar-refractivity contribution in [2.75, 3.05) is 13.1 Å². The summed E-state index contributed by atoms with van der Waals surface area (Å²) in [6.45, 7) is 4.14. The Bertz CT molecular complexity index is 455. The van der Waals surface area contributed by atoms with Crippen molar-refractivity contribution in [1.29, 1.82) is 5.26 Å². The average molecular weight is 263 g/mol. The van der Waals surface area contributed by atoms with Gasteiger partial charge in [0.05, 0.1) is 0 Å². The first-order valence-corrected chi connectivity index (χ1v) is 6.98. The molecule has 0 atom stereocenters. The molecule has 1 saturated heterocycles. The van der Waals surface area contributed by atoms with Crippen LogP contribution in [0.3, 0.4) is 0 Å². The molecule has 2 heterocycles. The van der Waals surface area contributed by atoms with Crippen LogP contribution >= 0.6 is 11.3 Å². The number of carbonyl (C=O) groups excluding carboxylic acids is 1. The number of piperidine rings is 1. The first-order valence-electron chi connectivity index (χ1n) is 6.17. The molecule has 1 N–H and O–H groups in total. The first kappa shape index (κ1) is 13.1. The number of thiophene rings is 1. The second-order valence-electron chi connectivity index (χ2n) is 4.54. The second kappa shape index (κ2) is 5.98. The lowest BCUT2D eigenvalue weighted by atomic mass is 10.1. The SMILES string of the molecule is CC(=O)N1CCC(NCc2ccc(C#N)s2)CC1. The summed E-state index contributed by atoms with van der Waals surface area (Å²) in [5.41, 5.74) is 0. The number of nitriles is 1. The molecule has 0 aliphatic carbocycles. The van der Waals surface area contributed by atoms with E-state index in [2.05, 4.69) is 11.4 Å². The predicted molar refractivity (Wildman–Crippen MR) is 71.1 cm³/mol. The third-order valence-corrected chi connectivity index (χ3v) is 4.27. The van der Waals surface area contributed by atoms with Crippen LogP contribution in [0.25, 0.3) is 0 Å². The Hall–Kier alpha value is -1.38. The molecule has 96 valence electrons. The van der Waals surface area contributed by atoms with Crippen LogP contribution in [0.1, 0.15) is 29.5 Å². The highest BCUT2D eigenvalue weighted by Gasteiger charge is 2.20. The van der Waals surface area contributed by atoms with Crippen molar-refractivity contribution in [2.24, 2.45) is 0 Å². The van der Waals surface area contributed by atoms with Crippen LogP contribution in [0.5, 0.6) is 0 Å². The van der Waals surface area contributed by atoms with E-state index >= 15 is 0 Å². The molecule has 2 rings (SSSR count). The van der Waals surface area contributed by atoms with Gasteiger partial charge >= 0.3 is 0 Å². The van der Waals surface area contributed by atoms with Gasteiger partial charge in [0.1, 0.15) is 10.9 Å². The molecular formula is C13H17N3OS. The Balaban J connectivity index is 1.75. The maximum Gasteiger partial charge on any atom is 0.219 e. The van der Waals surface area contributed by atoms with Gasteiger partial charge in [0.2, 0.25) is 5.91 Å². The molecule has 1 aromatic heterocycles. The van der Waals surface area contributed by atoms with Gasteiger partial charge in [-0.2, -0.15) is 5.26 Å². The van der Waals surface area contributed by atoms with Crippen LogP contribution in [0, 0.1) is 11.3 Å². The normalized spacial score (nSPS) is 16.6. The number of carbonyl (C=O) groups is 1. The van der Waals surface area contributed by atoms with E-state index in [-0.39, 0.29) is 5.91 Å². The van der Waals surface area contributed by atoms with Crippen LogP contribution in [0.2, 0.25) is 0 Å². The van der Waals surface area contributed by atoms with Crippen LogP contribution in [-0.4, -0.2) is 29.9 Å². The Kier molecular flexibility index (Phi) is 4.34. The number of likely N-dealkylation sites (tertiary alicyclic amines) is 1. The van der Waals surface area contributed by atoms with Gasteiger partial charge in [-0.25, -0.2) is 0 Å². The molecule has 4 nitrogen and oxygen atoms in total. The summed E-state index contributed by atoms with van der Waals surface area (Å²) in [5.74, 6) is 0.172. The molecule has 0 radical (unpaired) electrons. The summed E-state index contributed by atoms with van der Waals surface area (Å²) in [6, 6.07) is 6.49. The number of amides is 1. The molecule has 0 unspecified atom stereocenters. The highest BCUT2D eigenvalue weighted by atomic mass is 32.1. The van der Waals surface area contributed by atoms with E-state index in [1.807, 2.05) is 17.0 Å². The smallest absolute Gasteiger partial charge is 0.219 e. The van der Waals surface area contributed by atoms with Crippen LogP contribution in [-0.2, 0) is 11.3 Å². The van der Waals surface area contributed by atoms with E-state index in [1.54, 1.807) is 6.92 Å². The number of hydrogen-bond donors (Lipinski definition) is 1. The highest BCUT2D eigenvalue weighted by molar-refractivity contribution is 7.12. The van der Waals surface area contributed by atoms with E-state index in [1.165, 1.54) is 16.2 Å². The predicted octanol–water partition coefficient (Wildman–Crippen LogP) is 1.72. The minimum absolute atomic E-state index is 0.172. The van der Waals surface area contributed by atoms with E-state index in [0.717, 1.165) is 37.4 Å². The fourth-order valence-electron chi connectivity index (χ4n) is 2.18. The molecule has 0 bridgehead atoms. The zero-order chi connectivity index (χ0) is 13.0. The summed E-state index contributed by atoms with van der Waals surface area (Å²) < 4.78 is 0. The van der Waals surface area contributed by atoms with Gasteiger partial charge in [0.15, 0.2) is 0 Å². The van der Waals surface area contributed by atoms with Gasteiger partial charge in [-0.15, -0.1) is 11.3 Å². The van der Waals surface area contributed by atoms with E-state index in [4.69, 9.17) is 5.26 Å². The van der Waals surface area contributed by atoms with Crippen molar-refractivity contribution < 1.29 is 4.79 Å². The van der Waals surface area contributed by atoms with Crippen LogP contribution in [0.15, 0.2) is 12.1 Å². The van der Waals surface area contributed by atoms with Gasteiger partial charge in [-0.3, -0.25) is 4.79 Å². The maximum absolute atomic E-state index is 11.2. The fourth-order valence-corrected chi connectivity index (χ4v) is 2.93. The van der Waals surface area contributed by atoms with Crippen LogP contribution < -0.4 is 5.32 Å². The molecule has 1 aromatic rings. The zero-order valence-corrected chi connectivity index (χ0v) is 11.3. The topological polar surface area (TPSA) is 56.1 Å². The molecule has 1 aliphatic rings. The quantitative estimate of drug-likeness (QED) is 0.903. The Morgan fingerprint density at radius 3 is 2.83 bits per heavy atom. The molecular weight excluding hydrogens is 246 g/mol. The van der Waals surface area contributed by atoms with Crippen molar-refractivity contribution in [3.05, 3.63) is 21.9 Å². The van der Waals surface area contributed by atoms with E-state index < -0.39 is 0 Å². The van der Waals surface area contributed by atoms with E-state index in [0.29, 0.717) is 6.04 Å². The van der Waals surface area contributed by atoms with Gasteiger partial charge in [-0.1, -0.05) is 0 Å². The molecule has 1 amide bonds. The van der Waals surface area contributed by atoms with Gasteiger partial charge < -0.3 is 10.2 Å². The number of rotatable bonds is 3. The molecule has 5 heteroatoms. The number of nitrogens with one attached hydrogen (secondary N) is 1. The van der Waals surface area contributed by atoms with Crippen molar-refractivity contribution in [3.63, 3.8) is 0 Å². The summed E-state index contributed by atoms with van der Waals surface area (Å²) >= 11 is 1.54. The average Bonchev–Trinajstić information content (AvgIpc) is 2.85. The summed E-state index contributed by atoms with van der Waals surface area (Å²) in [6.07, 6.45) is 2.02. The van der Waals surface area contributed by atoms with Crippen molar-refractivity contribution >= 4 is 17.2 Å². The van der Waals surface area contributed by atoms with Crippen molar-refractivity contribution in [1.82, 2.24) is 10.2 Å². The molecule has 0 saturated carbocycles. The Morgan fingerprint density at radius 1 is 1.56 bits per heavy atom. The fraction of sp³-hybridized carbons (Fsp3) is 0.538. The van der Waals surface area contributed by atoms with Gasteiger partial charge in [0, 0.05) is 37.5 Å². The second-order valence-corrected chi connectivity index (χ2v) is 5.71. The highest BCUT2D eigenvalue weighted by Crippen LogP contribution is 2.16. The lowest BCUT2D eigenvalue weighted by molar-refractivity contribution is -0.129. The number of hydrogen-bond acceptors (Lipinski definition) is 4. The lowest BCUT2D eigenvalue weighted by Crippen LogP contribution is -2.43. The maximum atomic E-state index is 11.2. The van der Waals surface area contributed by atoms with Gasteiger partial charge in [0.25, 0.3) is 0 Å². The number of nitrogens with zero attached hydrogens (tertiary/aromatic N) is 2.